The van der Waals surface area contributed by atoms with E-state index in [1.807, 2.05) is 30.3 Å². The second kappa shape index (κ2) is 6.18. The van der Waals surface area contributed by atoms with Crippen LogP contribution < -0.4 is 0 Å². The molecule has 1 saturated carbocycles. The van der Waals surface area contributed by atoms with Crippen LogP contribution in [-0.4, -0.2) is 22.8 Å². The zero-order valence-corrected chi connectivity index (χ0v) is 12.5. The molecular formula is C18H24O3. The molecule has 2 aliphatic rings. The smallest absolute Gasteiger partial charge is 0.306 e. The molecule has 1 N–H and O–H groups in total. The van der Waals surface area contributed by atoms with Gasteiger partial charge in [0.15, 0.2) is 0 Å². The fraction of sp³-hybridized carbons (Fsp3) is 0.611. The normalized spacial score (nSPS) is 25.2. The number of benzene rings is 1. The van der Waals surface area contributed by atoms with E-state index in [9.17, 15) is 9.90 Å². The van der Waals surface area contributed by atoms with Gasteiger partial charge in [-0.15, -0.1) is 0 Å². The predicted octanol–water partition coefficient (Wildman–Crippen LogP) is 3.81. The summed E-state index contributed by atoms with van der Waals surface area (Å²) in [4.78, 5) is 11.5. The van der Waals surface area contributed by atoms with E-state index in [1.165, 1.54) is 25.7 Å². The Bertz CT molecular complexity index is 476. The molecule has 1 heterocycles. The van der Waals surface area contributed by atoms with E-state index >= 15 is 0 Å². The van der Waals surface area contributed by atoms with E-state index in [4.69, 9.17) is 4.74 Å². The summed E-state index contributed by atoms with van der Waals surface area (Å²) in [6.45, 7) is 0. The molecule has 1 spiro atoms. The molecule has 1 aromatic carbocycles. The molecule has 0 aromatic heterocycles. The van der Waals surface area contributed by atoms with Crippen LogP contribution in [0.15, 0.2) is 30.3 Å². The highest BCUT2D eigenvalue weighted by Crippen LogP contribution is 2.44. The number of rotatable bonds is 5. The number of carbonyl (C=O) groups is 1. The van der Waals surface area contributed by atoms with Crippen LogP contribution in [0.25, 0.3) is 0 Å². The first-order valence-electron chi connectivity index (χ1n) is 8.11. The lowest BCUT2D eigenvalue weighted by molar-refractivity contribution is -0.143. The minimum absolute atomic E-state index is 0.0977. The number of aliphatic carboxylic acids is 1. The molecule has 2 fully saturated rings. The Labute approximate surface area is 126 Å². The van der Waals surface area contributed by atoms with E-state index in [0.29, 0.717) is 12.8 Å². The Balaban J connectivity index is 1.59. The van der Waals surface area contributed by atoms with E-state index in [1.54, 1.807) is 0 Å². The van der Waals surface area contributed by atoms with E-state index in [2.05, 4.69) is 0 Å². The molecular weight excluding hydrogens is 264 g/mol. The maximum Gasteiger partial charge on any atom is 0.306 e. The monoisotopic (exact) mass is 288 g/mol. The number of ether oxygens (including phenoxy) is 1. The summed E-state index contributed by atoms with van der Waals surface area (Å²) >= 11 is 0. The first kappa shape index (κ1) is 14.6. The van der Waals surface area contributed by atoms with Crippen LogP contribution >= 0.6 is 0 Å². The van der Waals surface area contributed by atoms with Crippen molar-refractivity contribution in [2.75, 3.05) is 0 Å². The molecule has 0 radical (unpaired) electrons. The maximum atomic E-state index is 11.5. The number of carboxylic acid groups (broad SMARTS) is 1. The van der Waals surface area contributed by atoms with Crippen LogP contribution in [0.3, 0.4) is 0 Å². The third kappa shape index (κ3) is 3.46. The van der Waals surface area contributed by atoms with Gasteiger partial charge in [-0.1, -0.05) is 43.2 Å². The van der Waals surface area contributed by atoms with Gasteiger partial charge >= 0.3 is 5.97 Å². The minimum Gasteiger partial charge on any atom is -0.481 e. The van der Waals surface area contributed by atoms with Crippen molar-refractivity contribution in [2.24, 2.45) is 5.92 Å². The van der Waals surface area contributed by atoms with Crippen molar-refractivity contribution >= 4 is 5.97 Å². The molecule has 3 rings (SSSR count). The summed E-state index contributed by atoms with van der Waals surface area (Å²) in [5.41, 5.74) is 1.19. The number of carboxylic acids is 1. The van der Waals surface area contributed by atoms with Crippen LogP contribution in [0.2, 0.25) is 0 Å². The standard InChI is InChI=1S/C18H24O3/c19-17(20)15(12-14-6-2-1-3-7-14)13-16-8-11-18(21-16)9-4-5-10-18/h1-3,6-7,15-16H,4-5,8-13H2,(H,19,20). The molecule has 1 aliphatic carbocycles. The molecule has 2 unspecified atom stereocenters. The quantitative estimate of drug-likeness (QED) is 0.896. The van der Waals surface area contributed by atoms with Gasteiger partial charge in [-0.25, -0.2) is 0 Å². The fourth-order valence-corrected chi connectivity index (χ4v) is 3.94. The van der Waals surface area contributed by atoms with Gasteiger partial charge in [-0.2, -0.15) is 0 Å². The summed E-state index contributed by atoms with van der Waals surface area (Å²) in [5.74, 6) is -1.04. The highest BCUT2D eigenvalue weighted by atomic mass is 16.5. The van der Waals surface area contributed by atoms with Crippen molar-refractivity contribution in [3.05, 3.63) is 35.9 Å². The van der Waals surface area contributed by atoms with Gasteiger partial charge in [0.05, 0.1) is 17.6 Å². The lowest BCUT2D eigenvalue weighted by atomic mass is 9.92. The topological polar surface area (TPSA) is 46.5 Å². The Morgan fingerprint density at radius 1 is 1.24 bits per heavy atom. The Morgan fingerprint density at radius 3 is 2.62 bits per heavy atom. The van der Waals surface area contributed by atoms with Gasteiger partial charge in [0.1, 0.15) is 0 Å². The average molecular weight is 288 g/mol. The number of hydrogen-bond donors (Lipinski definition) is 1. The Morgan fingerprint density at radius 2 is 1.95 bits per heavy atom. The van der Waals surface area contributed by atoms with Crippen LogP contribution in [0, 0.1) is 5.92 Å². The zero-order valence-electron chi connectivity index (χ0n) is 12.5. The second-order valence-electron chi connectivity index (χ2n) is 6.63. The minimum atomic E-state index is -0.699. The van der Waals surface area contributed by atoms with Gasteiger partial charge in [-0.3, -0.25) is 4.79 Å². The van der Waals surface area contributed by atoms with E-state index in [-0.39, 0.29) is 17.6 Å². The lowest BCUT2D eigenvalue weighted by Gasteiger charge is -2.25. The fourth-order valence-electron chi connectivity index (χ4n) is 3.94. The third-order valence-electron chi connectivity index (χ3n) is 5.07. The maximum absolute atomic E-state index is 11.5. The molecule has 114 valence electrons. The van der Waals surface area contributed by atoms with Crippen molar-refractivity contribution in [1.82, 2.24) is 0 Å². The van der Waals surface area contributed by atoms with Crippen LogP contribution in [0.1, 0.15) is 50.5 Å². The van der Waals surface area contributed by atoms with Gasteiger partial charge in [0.2, 0.25) is 0 Å². The van der Waals surface area contributed by atoms with E-state index in [0.717, 1.165) is 18.4 Å². The van der Waals surface area contributed by atoms with Crippen LogP contribution in [-0.2, 0) is 16.0 Å². The van der Waals surface area contributed by atoms with Gasteiger partial charge in [0.25, 0.3) is 0 Å². The predicted molar refractivity (Wildman–Crippen MR) is 81.2 cm³/mol. The molecule has 1 saturated heterocycles. The van der Waals surface area contributed by atoms with Crippen molar-refractivity contribution in [1.29, 1.82) is 0 Å². The second-order valence-corrected chi connectivity index (χ2v) is 6.63. The molecule has 0 bridgehead atoms. The molecule has 2 atom stereocenters. The molecule has 3 nitrogen and oxygen atoms in total. The first-order chi connectivity index (χ1) is 10.2. The molecule has 1 aliphatic heterocycles. The molecule has 21 heavy (non-hydrogen) atoms. The van der Waals surface area contributed by atoms with Crippen LogP contribution in [0.5, 0.6) is 0 Å². The van der Waals surface area contributed by atoms with Crippen molar-refractivity contribution in [3.63, 3.8) is 0 Å². The molecule has 3 heteroatoms. The first-order valence-corrected chi connectivity index (χ1v) is 8.11. The highest BCUT2D eigenvalue weighted by Gasteiger charge is 2.43. The summed E-state index contributed by atoms with van der Waals surface area (Å²) in [6.07, 6.45) is 8.38. The van der Waals surface area contributed by atoms with Gasteiger partial charge in [-0.05, 0) is 44.1 Å². The molecule has 0 amide bonds. The van der Waals surface area contributed by atoms with Crippen molar-refractivity contribution in [2.45, 2.75) is 63.1 Å². The van der Waals surface area contributed by atoms with Crippen molar-refractivity contribution < 1.29 is 14.6 Å². The summed E-state index contributed by atoms with van der Waals surface area (Å²) < 4.78 is 6.26. The number of hydrogen-bond acceptors (Lipinski definition) is 2. The average Bonchev–Trinajstić information content (AvgIpc) is 3.10. The zero-order chi connectivity index (χ0) is 14.7. The summed E-state index contributed by atoms with van der Waals surface area (Å²) in [7, 11) is 0. The summed E-state index contributed by atoms with van der Waals surface area (Å²) in [5, 5.41) is 9.50. The summed E-state index contributed by atoms with van der Waals surface area (Å²) in [6, 6.07) is 9.90. The van der Waals surface area contributed by atoms with Crippen molar-refractivity contribution in [3.8, 4) is 0 Å². The Kier molecular flexibility index (Phi) is 4.29. The molecule has 1 aromatic rings. The van der Waals surface area contributed by atoms with Gasteiger partial charge < -0.3 is 9.84 Å². The van der Waals surface area contributed by atoms with Gasteiger partial charge in [0, 0.05) is 0 Å². The lowest BCUT2D eigenvalue weighted by Crippen LogP contribution is -2.27. The van der Waals surface area contributed by atoms with Crippen LogP contribution in [0.4, 0.5) is 0 Å². The van der Waals surface area contributed by atoms with E-state index < -0.39 is 5.97 Å². The highest BCUT2D eigenvalue weighted by molar-refractivity contribution is 5.70. The Hall–Kier alpha value is -1.35. The third-order valence-corrected chi connectivity index (χ3v) is 5.07. The largest absolute Gasteiger partial charge is 0.481 e. The SMILES string of the molecule is O=C(O)C(Cc1ccccc1)CC1CCC2(CCCC2)O1.